The Bertz CT molecular complexity index is 377. The van der Waals surface area contributed by atoms with Crippen LogP contribution < -0.4 is 0 Å². The van der Waals surface area contributed by atoms with Gasteiger partial charge in [0.2, 0.25) is 0 Å². The van der Waals surface area contributed by atoms with Crippen molar-refractivity contribution in [1.29, 1.82) is 0 Å². The maximum Gasteiger partial charge on any atom is 0.162 e. The zero-order valence-corrected chi connectivity index (χ0v) is 10.7. The first-order chi connectivity index (χ1) is 7.40. The van der Waals surface area contributed by atoms with Crippen molar-refractivity contribution in [3.05, 3.63) is 23.8 Å². The Morgan fingerprint density at radius 1 is 1.19 bits per heavy atom. The predicted octanol–water partition coefficient (Wildman–Crippen LogP) is 4.05. The summed E-state index contributed by atoms with van der Waals surface area (Å²) in [4.78, 5) is 12.3. The highest BCUT2D eigenvalue weighted by Crippen LogP contribution is 2.57. The van der Waals surface area contributed by atoms with E-state index in [1.165, 1.54) is 17.6 Å². The Labute approximate surface area is 98.6 Å². The molecule has 1 heteroatoms. The molecule has 0 spiro atoms. The van der Waals surface area contributed by atoms with Gasteiger partial charge in [0.25, 0.3) is 0 Å². The van der Waals surface area contributed by atoms with E-state index >= 15 is 0 Å². The molecule has 0 aliphatic heterocycles. The molecule has 0 aromatic rings. The van der Waals surface area contributed by atoms with Gasteiger partial charge in [0.1, 0.15) is 0 Å². The molecule has 2 aliphatic carbocycles. The van der Waals surface area contributed by atoms with Gasteiger partial charge >= 0.3 is 0 Å². The third-order valence-corrected chi connectivity index (χ3v) is 5.09. The second-order valence-electron chi connectivity index (χ2n) is 5.98. The maximum atomic E-state index is 12.3. The topological polar surface area (TPSA) is 17.1 Å². The van der Waals surface area contributed by atoms with Crippen molar-refractivity contribution < 1.29 is 4.79 Å². The van der Waals surface area contributed by atoms with Gasteiger partial charge in [0.05, 0.1) is 0 Å². The van der Waals surface area contributed by atoms with Crippen molar-refractivity contribution in [2.75, 3.05) is 0 Å². The minimum Gasteiger partial charge on any atom is -0.294 e. The molecule has 0 aromatic heterocycles. The van der Waals surface area contributed by atoms with E-state index in [0.29, 0.717) is 5.78 Å². The van der Waals surface area contributed by atoms with E-state index in [1.807, 2.05) is 6.08 Å². The SMILES string of the molecule is C=C1CCC[C@]1(C)[C@@]1(C)CCC(C)=CC1=O. The fourth-order valence-corrected chi connectivity index (χ4v) is 3.35. The van der Waals surface area contributed by atoms with Gasteiger partial charge in [0, 0.05) is 10.8 Å². The van der Waals surface area contributed by atoms with Crippen molar-refractivity contribution in [2.45, 2.75) is 52.9 Å². The van der Waals surface area contributed by atoms with Gasteiger partial charge in [-0.05, 0) is 45.1 Å². The largest absolute Gasteiger partial charge is 0.294 e. The molecular formula is C15H22O. The minimum atomic E-state index is -0.208. The molecule has 0 saturated heterocycles. The fraction of sp³-hybridized carbons (Fsp3) is 0.667. The van der Waals surface area contributed by atoms with Crippen LogP contribution in [0.1, 0.15) is 52.9 Å². The van der Waals surface area contributed by atoms with Crippen molar-refractivity contribution in [2.24, 2.45) is 10.8 Å². The van der Waals surface area contributed by atoms with E-state index < -0.39 is 0 Å². The number of rotatable bonds is 1. The highest BCUT2D eigenvalue weighted by Gasteiger charge is 2.52. The van der Waals surface area contributed by atoms with Crippen LogP contribution in [-0.4, -0.2) is 5.78 Å². The standard InChI is InChI=1S/C15H22O/c1-11-7-9-15(4,13(16)10-11)14(3)8-5-6-12(14)2/h10H,2,5-9H2,1,3-4H3/t14-,15-/m0/s1. The lowest BCUT2D eigenvalue weighted by Gasteiger charge is -2.45. The number of allylic oxidation sites excluding steroid dienone is 3. The average Bonchev–Trinajstić information content (AvgIpc) is 2.55. The number of hydrogen-bond acceptors (Lipinski definition) is 1. The Kier molecular flexibility index (Phi) is 2.60. The summed E-state index contributed by atoms with van der Waals surface area (Å²) in [6.45, 7) is 10.7. The first-order valence-electron chi connectivity index (χ1n) is 6.30. The quantitative estimate of drug-likeness (QED) is 0.607. The molecule has 0 aromatic carbocycles. The van der Waals surface area contributed by atoms with Crippen LogP contribution in [0.3, 0.4) is 0 Å². The predicted molar refractivity (Wildman–Crippen MR) is 67.2 cm³/mol. The van der Waals surface area contributed by atoms with Crippen molar-refractivity contribution in [3.63, 3.8) is 0 Å². The molecule has 88 valence electrons. The lowest BCUT2D eigenvalue weighted by atomic mass is 9.57. The third kappa shape index (κ3) is 1.41. The fourth-order valence-electron chi connectivity index (χ4n) is 3.35. The molecule has 2 rings (SSSR count). The summed E-state index contributed by atoms with van der Waals surface area (Å²) in [7, 11) is 0. The van der Waals surface area contributed by atoms with Crippen LogP contribution in [0.5, 0.6) is 0 Å². The summed E-state index contributed by atoms with van der Waals surface area (Å²) in [5.74, 6) is 0.321. The van der Waals surface area contributed by atoms with Gasteiger partial charge in [-0.1, -0.05) is 31.6 Å². The molecule has 0 unspecified atom stereocenters. The Hall–Kier alpha value is -0.850. The lowest BCUT2D eigenvalue weighted by molar-refractivity contribution is -0.129. The molecule has 2 aliphatic rings. The number of carbonyl (C=O) groups is 1. The van der Waals surface area contributed by atoms with Crippen LogP contribution >= 0.6 is 0 Å². The van der Waals surface area contributed by atoms with Crippen molar-refractivity contribution >= 4 is 5.78 Å². The molecule has 0 bridgehead atoms. The van der Waals surface area contributed by atoms with Gasteiger partial charge in [-0.2, -0.15) is 0 Å². The van der Waals surface area contributed by atoms with Gasteiger partial charge in [-0.3, -0.25) is 4.79 Å². The van der Waals surface area contributed by atoms with Crippen LogP contribution in [0, 0.1) is 10.8 Å². The average molecular weight is 218 g/mol. The molecule has 1 nitrogen and oxygen atoms in total. The Balaban J connectivity index is 2.39. The van der Waals surface area contributed by atoms with E-state index in [-0.39, 0.29) is 10.8 Å². The summed E-state index contributed by atoms with van der Waals surface area (Å²) in [6, 6.07) is 0. The summed E-state index contributed by atoms with van der Waals surface area (Å²) in [5.41, 5.74) is 2.34. The smallest absolute Gasteiger partial charge is 0.162 e. The molecule has 0 radical (unpaired) electrons. The highest BCUT2D eigenvalue weighted by molar-refractivity contribution is 5.97. The third-order valence-electron chi connectivity index (χ3n) is 5.09. The van der Waals surface area contributed by atoms with E-state index in [2.05, 4.69) is 27.4 Å². The minimum absolute atomic E-state index is 0.0291. The maximum absolute atomic E-state index is 12.3. The summed E-state index contributed by atoms with van der Waals surface area (Å²) < 4.78 is 0. The van der Waals surface area contributed by atoms with Crippen molar-refractivity contribution in [3.8, 4) is 0 Å². The van der Waals surface area contributed by atoms with Crippen LogP contribution in [0.2, 0.25) is 0 Å². The van der Waals surface area contributed by atoms with Crippen LogP contribution in [0.15, 0.2) is 23.8 Å². The normalized spacial score (nSPS) is 40.1. The molecule has 1 saturated carbocycles. The first-order valence-corrected chi connectivity index (χ1v) is 6.30. The van der Waals surface area contributed by atoms with Gasteiger partial charge in [-0.15, -0.1) is 0 Å². The van der Waals surface area contributed by atoms with E-state index in [1.54, 1.807) is 0 Å². The lowest BCUT2D eigenvalue weighted by Crippen LogP contribution is -2.44. The first kappa shape index (κ1) is 11.6. The van der Waals surface area contributed by atoms with Crippen LogP contribution in [0.4, 0.5) is 0 Å². The van der Waals surface area contributed by atoms with Crippen LogP contribution in [0.25, 0.3) is 0 Å². The number of hydrogen-bond donors (Lipinski definition) is 0. The molecule has 0 N–H and O–H groups in total. The van der Waals surface area contributed by atoms with E-state index in [9.17, 15) is 4.79 Å². The molecule has 1 fully saturated rings. The van der Waals surface area contributed by atoms with E-state index in [0.717, 1.165) is 25.7 Å². The molecular weight excluding hydrogens is 196 g/mol. The molecule has 0 heterocycles. The van der Waals surface area contributed by atoms with Crippen molar-refractivity contribution in [1.82, 2.24) is 0 Å². The highest BCUT2D eigenvalue weighted by atomic mass is 16.1. The van der Waals surface area contributed by atoms with E-state index in [4.69, 9.17) is 0 Å². The number of carbonyl (C=O) groups excluding carboxylic acids is 1. The monoisotopic (exact) mass is 218 g/mol. The molecule has 0 amide bonds. The summed E-state index contributed by atoms with van der Waals surface area (Å²) in [5, 5.41) is 0. The molecule has 2 atom stereocenters. The second-order valence-corrected chi connectivity index (χ2v) is 5.98. The zero-order valence-electron chi connectivity index (χ0n) is 10.7. The van der Waals surface area contributed by atoms with Gasteiger partial charge < -0.3 is 0 Å². The zero-order chi connectivity index (χ0) is 12.0. The Morgan fingerprint density at radius 2 is 1.88 bits per heavy atom. The number of ketones is 1. The second kappa shape index (κ2) is 3.58. The van der Waals surface area contributed by atoms with Gasteiger partial charge in [0.15, 0.2) is 5.78 Å². The van der Waals surface area contributed by atoms with Gasteiger partial charge in [-0.25, -0.2) is 0 Å². The van der Waals surface area contributed by atoms with Crippen LogP contribution in [-0.2, 0) is 4.79 Å². The summed E-state index contributed by atoms with van der Waals surface area (Å²) in [6.07, 6.45) is 7.33. The summed E-state index contributed by atoms with van der Waals surface area (Å²) >= 11 is 0. The Morgan fingerprint density at radius 3 is 2.38 bits per heavy atom. The molecule has 16 heavy (non-hydrogen) atoms.